The number of fused-ring (bicyclic) bond motifs is 2. The SMILES string of the molecule is CNC(=O)c1ccc(-c2ccc3c(c2)CN2CCC3(c3ccc(F)cc3)CC2)nn1. The lowest BCUT2D eigenvalue weighted by Crippen LogP contribution is -2.39. The van der Waals surface area contributed by atoms with Gasteiger partial charge >= 0.3 is 0 Å². The lowest BCUT2D eigenvalue weighted by atomic mass is 9.68. The van der Waals surface area contributed by atoms with Crippen LogP contribution in [0, 0.1) is 5.82 Å². The number of amides is 1. The molecule has 0 atom stereocenters. The van der Waals surface area contributed by atoms with Gasteiger partial charge in [0.1, 0.15) is 5.82 Å². The summed E-state index contributed by atoms with van der Waals surface area (Å²) < 4.78 is 13.6. The first-order chi connectivity index (χ1) is 14.6. The van der Waals surface area contributed by atoms with Crippen LogP contribution in [0.3, 0.4) is 0 Å². The monoisotopic (exact) mass is 402 g/mol. The second-order valence-corrected chi connectivity index (χ2v) is 8.12. The van der Waals surface area contributed by atoms with Crippen molar-refractivity contribution in [2.24, 2.45) is 0 Å². The van der Waals surface area contributed by atoms with Crippen LogP contribution in [0.2, 0.25) is 0 Å². The molecular weight excluding hydrogens is 379 g/mol. The zero-order chi connectivity index (χ0) is 20.7. The van der Waals surface area contributed by atoms with Gasteiger partial charge in [0, 0.05) is 24.6 Å². The Labute approximate surface area is 174 Å². The maximum atomic E-state index is 13.6. The molecule has 1 amide bonds. The summed E-state index contributed by atoms with van der Waals surface area (Å²) in [5.41, 5.74) is 5.75. The third kappa shape index (κ3) is 3.08. The summed E-state index contributed by atoms with van der Waals surface area (Å²) in [6, 6.07) is 17.0. The minimum Gasteiger partial charge on any atom is -0.354 e. The largest absolute Gasteiger partial charge is 0.354 e. The molecule has 0 unspecified atom stereocenters. The normalized spacial score (nSPS) is 22.3. The second kappa shape index (κ2) is 7.29. The van der Waals surface area contributed by atoms with Gasteiger partial charge in [-0.05, 0) is 73.0 Å². The molecule has 1 saturated heterocycles. The molecule has 6 heteroatoms. The van der Waals surface area contributed by atoms with Gasteiger partial charge in [-0.25, -0.2) is 4.39 Å². The Bertz CT molecular complexity index is 1090. The average Bonchev–Trinajstić information content (AvgIpc) is 3.05. The number of nitrogens with zero attached hydrogens (tertiary/aromatic N) is 3. The van der Waals surface area contributed by atoms with Gasteiger partial charge in [0.05, 0.1) is 5.69 Å². The standard InChI is InChI=1S/C24H23FN4O/c1-26-23(30)22-9-8-21(27-28-22)16-2-7-20-17(14-16)15-29-12-10-24(20,11-13-29)18-3-5-19(25)6-4-18/h2-9,14H,10-13,15H2,1H3,(H,26,30). The van der Waals surface area contributed by atoms with Crippen LogP contribution in [0.25, 0.3) is 11.3 Å². The molecule has 2 aromatic carbocycles. The second-order valence-electron chi connectivity index (χ2n) is 8.12. The van der Waals surface area contributed by atoms with Gasteiger partial charge in [0.25, 0.3) is 5.91 Å². The summed E-state index contributed by atoms with van der Waals surface area (Å²) in [5, 5.41) is 10.9. The van der Waals surface area contributed by atoms with Gasteiger partial charge < -0.3 is 5.32 Å². The fourth-order valence-electron chi connectivity index (χ4n) is 4.90. The van der Waals surface area contributed by atoms with E-state index in [2.05, 4.69) is 38.6 Å². The lowest BCUT2D eigenvalue weighted by molar-refractivity contribution is 0.0957. The summed E-state index contributed by atoms with van der Waals surface area (Å²) in [7, 11) is 1.57. The molecule has 0 spiro atoms. The van der Waals surface area contributed by atoms with Crippen molar-refractivity contribution in [3.05, 3.63) is 82.8 Å². The highest BCUT2D eigenvalue weighted by Gasteiger charge is 2.42. The number of carbonyl (C=O) groups is 1. The average molecular weight is 402 g/mol. The summed E-state index contributed by atoms with van der Waals surface area (Å²) in [6.07, 6.45) is 2.07. The molecule has 5 nitrogen and oxygen atoms in total. The Morgan fingerprint density at radius 2 is 1.80 bits per heavy atom. The van der Waals surface area contributed by atoms with E-state index in [-0.39, 0.29) is 17.1 Å². The predicted octanol–water partition coefficient (Wildman–Crippen LogP) is 3.54. The van der Waals surface area contributed by atoms with E-state index in [1.165, 1.54) is 16.7 Å². The fraction of sp³-hybridized carbons (Fsp3) is 0.292. The highest BCUT2D eigenvalue weighted by Crippen LogP contribution is 2.46. The Kier molecular flexibility index (Phi) is 4.59. The Balaban J connectivity index is 1.57. The molecule has 30 heavy (non-hydrogen) atoms. The zero-order valence-corrected chi connectivity index (χ0v) is 16.9. The van der Waals surface area contributed by atoms with E-state index in [1.54, 1.807) is 25.2 Å². The lowest BCUT2D eigenvalue weighted by Gasteiger charge is -2.39. The van der Waals surface area contributed by atoms with Gasteiger partial charge in [-0.15, -0.1) is 10.2 Å². The van der Waals surface area contributed by atoms with Crippen molar-refractivity contribution in [1.82, 2.24) is 20.4 Å². The minimum atomic E-state index is -0.249. The molecule has 2 bridgehead atoms. The molecule has 0 radical (unpaired) electrons. The van der Waals surface area contributed by atoms with Crippen molar-refractivity contribution in [2.75, 3.05) is 20.1 Å². The molecule has 3 aliphatic heterocycles. The molecule has 0 saturated carbocycles. The highest BCUT2D eigenvalue weighted by atomic mass is 19.1. The minimum absolute atomic E-state index is 0.0800. The van der Waals surface area contributed by atoms with Crippen molar-refractivity contribution in [3.8, 4) is 11.3 Å². The van der Waals surface area contributed by atoms with Crippen molar-refractivity contribution in [1.29, 1.82) is 0 Å². The van der Waals surface area contributed by atoms with E-state index in [0.717, 1.165) is 43.7 Å². The van der Waals surface area contributed by atoms with E-state index >= 15 is 0 Å². The molecule has 152 valence electrons. The highest BCUT2D eigenvalue weighted by molar-refractivity contribution is 5.92. The Morgan fingerprint density at radius 3 is 2.47 bits per heavy atom. The zero-order valence-electron chi connectivity index (χ0n) is 16.9. The van der Waals surface area contributed by atoms with Crippen molar-refractivity contribution >= 4 is 5.91 Å². The summed E-state index contributed by atoms with van der Waals surface area (Å²) in [6.45, 7) is 2.96. The first kappa shape index (κ1) is 18.9. The summed E-state index contributed by atoms with van der Waals surface area (Å²) in [4.78, 5) is 14.2. The maximum Gasteiger partial charge on any atom is 0.271 e. The van der Waals surface area contributed by atoms with Gasteiger partial charge in [-0.2, -0.15) is 0 Å². The van der Waals surface area contributed by atoms with E-state index in [9.17, 15) is 9.18 Å². The van der Waals surface area contributed by atoms with Crippen LogP contribution in [-0.4, -0.2) is 41.1 Å². The van der Waals surface area contributed by atoms with Crippen LogP contribution in [-0.2, 0) is 12.0 Å². The fourth-order valence-corrected chi connectivity index (χ4v) is 4.90. The number of halogens is 1. The molecule has 3 aromatic rings. The van der Waals surface area contributed by atoms with E-state index in [1.807, 2.05) is 18.2 Å². The Morgan fingerprint density at radius 1 is 1.03 bits per heavy atom. The number of carbonyl (C=O) groups excluding carboxylic acids is 1. The molecule has 1 fully saturated rings. The van der Waals surface area contributed by atoms with Crippen LogP contribution in [0.5, 0.6) is 0 Å². The number of rotatable bonds is 3. The topological polar surface area (TPSA) is 58.1 Å². The van der Waals surface area contributed by atoms with E-state index < -0.39 is 0 Å². The molecule has 6 rings (SSSR count). The van der Waals surface area contributed by atoms with Crippen LogP contribution in [0.4, 0.5) is 4.39 Å². The predicted molar refractivity (Wildman–Crippen MR) is 113 cm³/mol. The molecule has 1 aromatic heterocycles. The van der Waals surface area contributed by atoms with Crippen LogP contribution in [0.1, 0.15) is 40.0 Å². The van der Waals surface area contributed by atoms with Crippen molar-refractivity contribution in [3.63, 3.8) is 0 Å². The molecule has 4 heterocycles. The number of nitrogens with one attached hydrogen (secondary N) is 1. The first-order valence-corrected chi connectivity index (χ1v) is 10.3. The molecule has 3 aliphatic rings. The third-order valence-electron chi connectivity index (χ3n) is 6.54. The van der Waals surface area contributed by atoms with Crippen molar-refractivity contribution in [2.45, 2.75) is 24.8 Å². The number of benzene rings is 2. The Hall–Kier alpha value is -3.12. The number of piperidine rings is 1. The van der Waals surface area contributed by atoms with E-state index in [0.29, 0.717) is 5.69 Å². The van der Waals surface area contributed by atoms with Crippen LogP contribution >= 0.6 is 0 Å². The first-order valence-electron chi connectivity index (χ1n) is 10.3. The molecule has 0 aliphatic carbocycles. The van der Waals surface area contributed by atoms with Gasteiger partial charge in [0.2, 0.25) is 0 Å². The van der Waals surface area contributed by atoms with E-state index in [4.69, 9.17) is 0 Å². The summed E-state index contributed by atoms with van der Waals surface area (Å²) in [5.74, 6) is -0.447. The van der Waals surface area contributed by atoms with Gasteiger partial charge in [-0.1, -0.05) is 24.3 Å². The van der Waals surface area contributed by atoms with Crippen LogP contribution in [0.15, 0.2) is 54.6 Å². The van der Waals surface area contributed by atoms with Gasteiger partial charge in [-0.3, -0.25) is 9.69 Å². The van der Waals surface area contributed by atoms with Gasteiger partial charge in [0.15, 0.2) is 5.69 Å². The van der Waals surface area contributed by atoms with Crippen molar-refractivity contribution < 1.29 is 9.18 Å². The maximum absolute atomic E-state index is 13.6. The van der Waals surface area contributed by atoms with Crippen LogP contribution < -0.4 is 5.32 Å². The third-order valence-corrected chi connectivity index (χ3v) is 6.54. The molecular formula is C24H23FN4O. The molecule has 1 N–H and O–H groups in total. The number of hydrogen-bond acceptors (Lipinski definition) is 4. The summed E-state index contributed by atoms with van der Waals surface area (Å²) >= 11 is 0. The number of hydrogen-bond donors (Lipinski definition) is 1. The quantitative estimate of drug-likeness (QED) is 0.728. The smallest absolute Gasteiger partial charge is 0.271 e. The number of aromatic nitrogens is 2.